The standard InChI is InChI=1S/C19H20N8O/c1-20-19-21-8-13(9-22-19)10-26(2)18(28)16-7-14(24-25-16)11-27-12-23-15-5-3-4-6-17(15)27/h3-9,12H,10-11H2,1-2H3,(H,24,25)(H,20,21,22). The number of para-hydroxylation sites is 2. The van der Waals surface area contributed by atoms with E-state index in [-0.39, 0.29) is 5.91 Å². The average molecular weight is 376 g/mol. The molecular weight excluding hydrogens is 356 g/mol. The number of aromatic amines is 1. The first-order valence-electron chi connectivity index (χ1n) is 8.82. The Morgan fingerprint density at radius 2 is 2.00 bits per heavy atom. The number of nitrogens with zero attached hydrogens (tertiary/aromatic N) is 6. The normalized spacial score (nSPS) is 10.9. The Kier molecular flexibility index (Phi) is 4.71. The van der Waals surface area contributed by atoms with Gasteiger partial charge in [-0.1, -0.05) is 12.1 Å². The van der Waals surface area contributed by atoms with Crippen LogP contribution in [0.4, 0.5) is 5.95 Å². The molecule has 0 bridgehead atoms. The molecule has 0 unspecified atom stereocenters. The van der Waals surface area contributed by atoms with Gasteiger partial charge < -0.3 is 14.8 Å². The van der Waals surface area contributed by atoms with E-state index in [9.17, 15) is 4.79 Å². The molecule has 0 aliphatic rings. The molecule has 28 heavy (non-hydrogen) atoms. The monoisotopic (exact) mass is 376 g/mol. The molecule has 4 rings (SSSR count). The van der Waals surface area contributed by atoms with Crippen molar-refractivity contribution < 1.29 is 4.79 Å². The summed E-state index contributed by atoms with van der Waals surface area (Å²) in [6.45, 7) is 0.959. The summed E-state index contributed by atoms with van der Waals surface area (Å²) in [6, 6.07) is 9.69. The highest BCUT2D eigenvalue weighted by atomic mass is 16.2. The number of amides is 1. The number of hydrogen-bond donors (Lipinski definition) is 2. The highest BCUT2D eigenvalue weighted by molar-refractivity contribution is 5.92. The van der Waals surface area contributed by atoms with Crippen LogP contribution in [0.25, 0.3) is 11.0 Å². The lowest BCUT2D eigenvalue weighted by molar-refractivity contribution is 0.0779. The van der Waals surface area contributed by atoms with Crippen LogP contribution in [0.1, 0.15) is 21.7 Å². The summed E-state index contributed by atoms with van der Waals surface area (Å²) in [7, 11) is 3.48. The Balaban J connectivity index is 1.44. The third-order valence-corrected chi connectivity index (χ3v) is 4.41. The van der Waals surface area contributed by atoms with Crippen LogP contribution in [0.3, 0.4) is 0 Å². The topological polar surface area (TPSA) is 105 Å². The van der Waals surface area contributed by atoms with E-state index in [1.54, 1.807) is 43.8 Å². The van der Waals surface area contributed by atoms with Gasteiger partial charge >= 0.3 is 0 Å². The third kappa shape index (κ3) is 3.54. The van der Waals surface area contributed by atoms with Gasteiger partial charge in [-0.05, 0) is 18.2 Å². The Bertz CT molecular complexity index is 1100. The molecule has 0 aliphatic carbocycles. The van der Waals surface area contributed by atoms with Crippen molar-refractivity contribution in [1.82, 2.24) is 34.6 Å². The van der Waals surface area contributed by atoms with Gasteiger partial charge in [0.1, 0.15) is 5.69 Å². The number of aromatic nitrogens is 6. The first-order chi connectivity index (χ1) is 13.6. The van der Waals surface area contributed by atoms with Crippen LogP contribution in [-0.2, 0) is 13.1 Å². The van der Waals surface area contributed by atoms with E-state index in [1.165, 1.54) is 0 Å². The zero-order valence-electron chi connectivity index (χ0n) is 15.6. The second kappa shape index (κ2) is 7.47. The van der Waals surface area contributed by atoms with Crippen LogP contribution >= 0.6 is 0 Å². The van der Waals surface area contributed by atoms with Crippen molar-refractivity contribution in [2.75, 3.05) is 19.4 Å². The lowest BCUT2D eigenvalue weighted by atomic mass is 10.2. The number of carbonyl (C=O) groups excluding carboxylic acids is 1. The fraction of sp³-hybridized carbons (Fsp3) is 0.211. The van der Waals surface area contributed by atoms with E-state index >= 15 is 0 Å². The van der Waals surface area contributed by atoms with E-state index < -0.39 is 0 Å². The number of H-pyrrole nitrogens is 1. The molecule has 3 heterocycles. The van der Waals surface area contributed by atoms with Gasteiger partial charge in [-0.25, -0.2) is 15.0 Å². The van der Waals surface area contributed by atoms with E-state index in [0.717, 1.165) is 22.3 Å². The number of nitrogens with one attached hydrogen (secondary N) is 2. The van der Waals surface area contributed by atoms with Crippen LogP contribution in [0, 0.1) is 0 Å². The molecule has 9 nitrogen and oxygen atoms in total. The van der Waals surface area contributed by atoms with E-state index in [0.29, 0.717) is 24.7 Å². The molecule has 0 aliphatic heterocycles. The minimum atomic E-state index is -0.171. The zero-order valence-corrected chi connectivity index (χ0v) is 15.6. The van der Waals surface area contributed by atoms with E-state index in [2.05, 4.69) is 30.5 Å². The molecule has 2 N–H and O–H groups in total. The first kappa shape index (κ1) is 17.7. The van der Waals surface area contributed by atoms with Gasteiger partial charge in [0.05, 0.1) is 29.6 Å². The number of anilines is 1. The number of fused-ring (bicyclic) bond motifs is 1. The maximum Gasteiger partial charge on any atom is 0.274 e. The average Bonchev–Trinajstić information content (AvgIpc) is 3.36. The molecular formula is C19H20N8O. The maximum absolute atomic E-state index is 12.7. The quantitative estimate of drug-likeness (QED) is 0.533. The van der Waals surface area contributed by atoms with Crippen LogP contribution in [0.5, 0.6) is 0 Å². The molecule has 142 valence electrons. The lowest BCUT2D eigenvalue weighted by Gasteiger charge is -2.15. The summed E-state index contributed by atoms with van der Waals surface area (Å²) < 4.78 is 2.02. The third-order valence-electron chi connectivity index (χ3n) is 4.41. The summed E-state index contributed by atoms with van der Waals surface area (Å²) in [4.78, 5) is 27.0. The van der Waals surface area contributed by atoms with Gasteiger partial charge in [-0.3, -0.25) is 9.89 Å². The second-order valence-electron chi connectivity index (χ2n) is 6.47. The number of imidazole rings is 1. The SMILES string of the molecule is CNc1ncc(CN(C)C(=O)c2cc(Cn3cnc4ccccc43)[nH]n2)cn1. The molecule has 1 amide bonds. The van der Waals surface area contributed by atoms with Crippen molar-refractivity contribution in [3.05, 3.63) is 66.0 Å². The van der Waals surface area contributed by atoms with Crippen molar-refractivity contribution in [3.8, 4) is 0 Å². The van der Waals surface area contributed by atoms with Gasteiger partial charge in [0.2, 0.25) is 5.95 Å². The molecule has 0 saturated heterocycles. The Morgan fingerprint density at radius 1 is 1.21 bits per heavy atom. The predicted octanol–water partition coefficient (Wildman–Crippen LogP) is 1.91. The number of hydrogen-bond acceptors (Lipinski definition) is 6. The predicted molar refractivity (Wildman–Crippen MR) is 105 cm³/mol. The molecule has 1 aromatic carbocycles. The highest BCUT2D eigenvalue weighted by Gasteiger charge is 2.16. The van der Waals surface area contributed by atoms with Crippen LogP contribution < -0.4 is 5.32 Å². The minimum absolute atomic E-state index is 0.171. The Hall–Kier alpha value is -3.75. The fourth-order valence-electron chi connectivity index (χ4n) is 2.98. The van der Waals surface area contributed by atoms with E-state index in [4.69, 9.17) is 0 Å². The van der Waals surface area contributed by atoms with Crippen LogP contribution in [0.15, 0.2) is 49.1 Å². The Labute approximate surface area is 161 Å². The van der Waals surface area contributed by atoms with Gasteiger partial charge in [0.15, 0.2) is 0 Å². The molecule has 0 saturated carbocycles. The largest absolute Gasteiger partial charge is 0.357 e. The molecule has 0 spiro atoms. The van der Waals surface area contributed by atoms with Gasteiger partial charge in [0, 0.05) is 38.6 Å². The van der Waals surface area contributed by atoms with E-state index in [1.807, 2.05) is 28.8 Å². The van der Waals surface area contributed by atoms with Crippen molar-refractivity contribution in [2.45, 2.75) is 13.1 Å². The second-order valence-corrected chi connectivity index (χ2v) is 6.47. The summed E-state index contributed by atoms with van der Waals surface area (Å²) in [5.41, 5.74) is 4.02. The molecule has 9 heteroatoms. The van der Waals surface area contributed by atoms with Crippen molar-refractivity contribution in [2.24, 2.45) is 0 Å². The Morgan fingerprint density at radius 3 is 2.79 bits per heavy atom. The number of carbonyl (C=O) groups is 1. The molecule has 0 fully saturated rings. The van der Waals surface area contributed by atoms with Gasteiger partial charge in [-0.2, -0.15) is 5.10 Å². The summed E-state index contributed by atoms with van der Waals surface area (Å²) in [5, 5.41) is 9.98. The lowest BCUT2D eigenvalue weighted by Crippen LogP contribution is -2.26. The molecule has 4 aromatic rings. The number of benzene rings is 1. The highest BCUT2D eigenvalue weighted by Crippen LogP contribution is 2.14. The van der Waals surface area contributed by atoms with Gasteiger partial charge in [0.25, 0.3) is 5.91 Å². The zero-order chi connectivity index (χ0) is 19.5. The number of rotatable bonds is 6. The summed E-state index contributed by atoms with van der Waals surface area (Å²) in [5.74, 6) is 0.373. The smallest absolute Gasteiger partial charge is 0.274 e. The summed E-state index contributed by atoms with van der Waals surface area (Å²) >= 11 is 0. The first-order valence-corrected chi connectivity index (χ1v) is 8.82. The minimum Gasteiger partial charge on any atom is -0.357 e. The molecule has 0 atom stereocenters. The van der Waals surface area contributed by atoms with Crippen molar-refractivity contribution in [3.63, 3.8) is 0 Å². The van der Waals surface area contributed by atoms with Gasteiger partial charge in [-0.15, -0.1) is 0 Å². The van der Waals surface area contributed by atoms with Crippen LogP contribution in [0.2, 0.25) is 0 Å². The summed E-state index contributed by atoms with van der Waals surface area (Å²) in [6.07, 6.45) is 5.18. The maximum atomic E-state index is 12.7. The van der Waals surface area contributed by atoms with Crippen molar-refractivity contribution >= 4 is 22.9 Å². The molecule has 3 aromatic heterocycles. The molecule has 0 radical (unpaired) electrons. The fourth-order valence-corrected chi connectivity index (χ4v) is 2.98. The van der Waals surface area contributed by atoms with Crippen LogP contribution in [-0.4, -0.2) is 54.6 Å². The van der Waals surface area contributed by atoms with Crippen molar-refractivity contribution in [1.29, 1.82) is 0 Å².